The number of carboxylic acid groups (broad SMARTS) is 2. The average Bonchev–Trinajstić information content (AvgIpc) is 2.17. The Morgan fingerprint density at radius 2 is 2.00 bits per heavy atom. The third kappa shape index (κ3) is 2.52. The predicted molar refractivity (Wildman–Crippen MR) is 52.2 cm³/mol. The van der Waals surface area contributed by atoms with E-state index in [0.29, 0.717) is 6.42 Å². The molecule has 0 aromatic carbocycles. The maximum atomic E-state index is 10.8. The zero-order valence-corrected chi connectivity index (χ0v) is 8.23. The van der Waals surface area contributed by atoms with E-state index in [1.54, 1.807) is 0 Å². The van der Waals surface area contributed by atoms with Gasteiger partial charge in [0.25, 0.3) is 0 Å². The molecule has 80 valence electrons. The Kier molecular flexibility index (Phi) is 3.38. The quantitative estimate of drug-likeness (QED) is 0.783. The minimum Gasteiger partial charge on any atom is -0.478 e. The number of nitrogens with zero attached hydrogens (tertiary/aromatic N) is 1. The van der Waals surface area contributed by atoms with Crippen molar-refractivity contribution in [2.75, 3.05) is 0 Å². The smallest absolute Gasteiger partial charge is 0.355 e. The Balaban J connectivity index is 3.21. The van der Waals surface area contributed by atoms with Gasteiger partial charge in [0, 0.05) is 6.20 Å². The van der Waals surface area contributed by atoms with E-state index in [2.05, 4.69) is 4.98 Å². The summed E-state index contributed by atoms with van der Waals surface area (Å²) in [5.74, 6) is -2.59. The molecule has 0 amide bonds. The topological polar surface area (TPSA) is 87.5 Å². The summed E-state index contributed by atoms with van der Waals surface area (Å²) >= 11 is 0. The van der Waals surface area contributed by atoms with Crippen molar-refractivity contribution in [3.63, 3.8) is 0 Å². The van der Waals surface area contributed by atoms with Crippen molar-refractivity contribution in [1.82, 2.24) is 4.98 Å². The molecule has 0 saturated heterocycles. The molecule has 1 rings (SSSR count). The molecule has 5 heteroatoms. The van der Waals surface area contributed by atoms with Crippen molar-refractivity contribution >= 4 is 11.9 Å². The lowest BCUT2D eigenvalue weighted by molar-refractivity contribution is 0.0646. The molecule has 0 fully saturated rings. The second kappa shape index (κ2) is 4.54. The normalized spacial score (nSPS) is 9.93. The fourth-order valence-electron chi connectivity index (χ4n) is 1.27. The number of hydrogen-bond donors (Lipinski definition) is 2. The summed E-state index contributed by atoms with van der Waals surface area (Å²) in [7, 11) is 0. The van der Waals surface area contributed by atoms with Crippen LogP contribution in [0.3, 0.4) is 0 Å². The van der Waals surface area contributed by atoms with Crippen LogP contribution in [0, 0.1) is 0 Å². The number of rotatable bonds is 4. The van der Waals surface area contributed by atoms with Gasteiger partial charge >= 0.3 is 11.9 Å². The van der Waals surface area contributed by atoms with Crippen LogP contribution in [0.1, 0.15) is 39.8 Å². The van der Waals surface area contributed by atoms with E-state index >= 15 is 0 Å². The molecular formula is C10H11NO4. The minimum atomic E-state index is -1.32. The highest BCUT2D eigenvalue weighted by molar-refractivity contribution is 6.00. The van der Waals surface area contributed by atoms with E-state index in [1.807, 2.05) is 6.92 Å². The summed E-state index contributed by atoms with van der Waals surface area (Å²) in [5.41, 5.74) is 0.0655. The number of carboxylic acids is 2. The Morgan fingerprint density at radius 1 is 1.33 bits per heavy atom. The Bertz CT molecular complexity index is 400. The van der Waals surface area contributed by atoms with Gasteiger partial charge in [0.1, 0.15) is 0 Å². The first-order valence-electron chi connectivity index (χ1n) is 4.51. The molecule has 1 heterocycles. The Hall–Kier alpha value is -1.91. The van der Waals surface area contributed by atoms with Gasteiger partial charge in [-0.2, -0.15) is 0 Å². The van der Waals surface area contributed by atoms with Crippen molar-refractivity contribution in [2.45, 2.75) is 19.8 Å². The van der Waals surface area contributed by atoms with Crippen LogP contribution in [-0.4, -0.2) is 27.1 Å². The molecule has 0 radical (unpaired) electrons. The Morgan fingerprint density at radius 3 is 2.47 bits per heavy atom. The van der Waals surface area contributed by atoms with E-state index in [1.165, 1.54) is 12.3 Å². The first kappa shape index (κ1) is 11.2. The molecule has 15 heavy (non-hydrogen) atoms. The number of carbonyl (C=O) groups is 2. The molecule has 0 unspecified atom stereocenters. The molecule has 1 aromatic heterocycles. The van der Waals surface area contributed by atoms with E-state index < -0.39 is 17.6 Å². The fourth-order valence-corrected chi connectivity index (χ4v) is 1.27. The van der Waals surface area contributed by atoms with Crippen LogP contribution in [0.2, 0.25) is 0 Å². The summed E-state index contributed by atoms with van der Waals surface area (Å²) < 4.78 is 0. The van der Waals surface area contributed by atoms with Gasteiger partial charge in [0.15, 0.2) is 5.69 Å². The van der Waals surface area contributed by atoms with Crippen molar-refractivity contribution in [3.8, 4) is 0 Å². The zero-order chi connectivity index (χ0) is 11.4. The van der Waals surface area contributed by atoms with Gasteiger partial charge in [-0.1, -0.05) is 13.3 Å². The number of aryl methyl sites for hydroxylation is 1. The summed E-state index contributed by atoms with van der Waals surface area (Å²) in [6.45, 7) is 1.95. The zero-order valence-electron chi connectivity index (χ0n) is 8.23. The molecule has 0 aliphatic carbocycles. The molecule has 0 atom stereocenters. The fraction of sp³-hybridized carbons (Fsp3) is 0.300. The largest absolute Gasteiger partial charge is 0.478 e. The van der Waals surface area contributed by atoms with Crippen LogP contribution in [0.15, 0.2) is 12.3 Å². The molecule has 0 aliphatic heterocycles. The molecule has 2 N–H and O–H groups in total. The summed E-state index contributed by atoms with van der Waals surface area (Å²) in [6.07, 6.45) is 2.94. The number of hydrogen-bond acceptors (Lipinski definition) is 3. The van der Waals surface area contributed by atoms with E-state index in [0.717, 1.165) is 12.0 Å². The molecule has 5 nitrogen and oxygen atoms in total. The molecule has 0 bridgehead atoms. The lowest BCUT2D eigenvalue weighted by atomic mass is 10.1. The van der Waals surface area contributed by atoms with Gasteiger partial charge in [-0.05, 0) is 18.1 Å². The van der Waals surface area contributed by atoms with Crippen LogP contribution in [0.4, 0.5) is 0 Å². The lowest BCUT2D eigenvalue weighted by Crippen LogP contribution is -2.11. The van der Waals surface area contributed by atoms with Gasteiger partial charge < -0.3 is 10.2 Å². The highest BCUT2D eigenvalue weighted by Gasteiger charge is 2.17. The third-order valence-electron chi connectivity index (χ3n) is 1.92. The van der Waals surface area contributed by atoms with Crippen LogP contribution in [0.5, 0.6) is 0 Å². The minimum absolute atomic E-state index is 0.256. The molecule has 0 aliphatic rings. The SMILES string of the molecule is CCCc1cnc(C(=O)O)c(C(=O)O)c1. The standard InChI is InChI=1S/C10H11NO4/c1-2-3-6-4-7(9(12)13)8(10(14)15)11-5-6/h4-5H,2-3H2,1H3,(H,12,13)(H,14,15). The highest BCUT2D eigenvalue weighted by Crippen LogP contribution is 2.10. The van der Waals surface area contributed by atoms with Gasteiger partial charge in [0.05, 0.1) is 5.56 Å². The predicted octanol–water partition coefficient (Wildman–Crippen LogP) is 1.43. The van der Waals surface area contributed by atoms with Crippen LogP contribution in [-0.2, 0) is 6.42 Å². The summed E-state index contributed by atoms with van der Waals surface area (Å²) in [4.78, 5) is 25.1. The van der Waals surface area contributed by atoms with Crippen molar-refractivity contribution in [2.24, 2.45) is 0 Å². The third-order valence-corrected chi connectivity index (χ3v) is 1.92. The van der Waals surface area contributed by atoms with Crippen molar-refractivity contribution < 1.29 is 19.8 Å². The number of aromatic nitrogens is 1. The average molecular weight is 209 g/mol. The van der Waals surface area contributed by atoms with Crippen molar-refractivity contribution in [1.29, 1.82) is 0 Å². The van der Waals surface area contributed by atoms with Crippen molar-refractivity contribution in [3.05, 3.63) is 29.1 Å². The van der Waals surface area contributed by atoms with Gasteiger partial charge in [-0.25, -0.2) is 14.6 Å². The molecule has 0 saturated carbocycles. The molecule has 0 spiro atoms. The maximum absolute atomic E-state index is 10.8. The molecular weight excluding hydrogens is 198 g/mol. The van der Waals surface area contributed by atoms with E-state index in [4.69, 9.17) is 10.2 Å². The van der Waals surface area contributed by atoms with Crippen LogP contribution >= 0.6 is 0 Å². The first-order valence-corrected chi connectivity index (χ1v) is 4.51. The second-order valence-electron chi connectivity index (χ2n) is 3.10. The summed E-state index contributed by atoms with van der Waals surface area (Å²) in [6, 6.07) is 1.36. The van der Waals surface area contributed by atoms with E-state index in [-0.39, 0.29) is 5.56 Å². The van der Waals surface area contributed by atoms with Gasteiger partial charge in [-0.3, -0.25) is 0 Å². The number of pyridine rings is 1. The first-order chi connectivity index (χ1) is 7.06. The van der Waals surface area contributed by atoms with Gasteiger partial charge in [-0.15, -0.1) is 0 Å². The van der Waals surface area contributed by atoms with E-state index in [9.17, 15) is 9.59 Å². The van der Waals surface area contributed by atoms with Crippen LogP contribution < -0.4 is 0 Å². The van der Waals surface area contributed by atoms with Gasteiger partial charge in [0.2, 0.25) is 0 Å². The highest BCUT2D eigenvalue weighted by atomic mass is 16.4. The maximum Gasteiger partial charge on any atom is 0.355 e. The monoisotopic (exact) mass is 209 g/mol. The molecule has 1 aromatic rings. The van der Waals surface area contributed by atoms with Crippen LogP contribution in [0.25, 0.3) is 0 Å². The Labute approximate surface area is 86.4 Å². The second-order valence-corrected chi connectivity index (χ2v) is 3.10. The summed E-state index contributed by atoms with van der Waals surface area (Å²) in [5, 5.41) is 17.5. The number of aromatic carboxylic acids is 2. The lowest BCUT2D eigenvalue weighted by Gasteiger charge is -2.03.